The maximum atomic E-state index is 12.2. The molecular formula is C21H25NO3. The number of nitrogens with one attached hydrogen (secondary N) is 1. The first-order valence-corrected chi connectivity index (χ1v) is 8.83. The van der Waals surface area contributed by atoms with Crippen molar-refractivity contribution in [3.63, 3.8) is 0 Å². The van der Waals surface area contributed by atoms with Crippen LogP contribution in [-0.4, -0.2) is 19.6 Å². The summed E-state index contributed by atoms with van der Waals surface area (Å²) in [5.74, 6) is 1.29. The number of ether oxygens (including phenoxy) is 2. The average Bonchev–Trinajstić information content (AvgIpc) is 2.66. The Labute approximate surface area is 149 Å². The van der Waals surface area contributed by atoms with E-state index in [1.165, 1.54) is 30.4 Å². The maximum absolute atomic E-state index is 12.2. The van der Waals surface area contributed by atoms with Crippen molar-refractivity contribution < 1.29 is 14.3 Å². The van der Waals surface area contributed by atoms with E-state index < -0.39 is 0 Å². The lowest BCUT2D eigenvalue weighted by Crippen LogP contribution is -2.31. The van der Waals surface area contributed by atoms with Gasteiger partial charge in [0.15, 0.2) is 6.61 Å². The van der Waals surface area contributed by atoms with Crippen molar-refractivity contribution in [2.75, 3.05) is 13.7 Å². The molecule has 1 N–H and O–H groups in total. The lowest BCUT2D eigenvalue weighted by Gasteiger charge is -2.20. The maximum Gasteiger partial charge on any atom is 0.258 e. The number of rotatable bonds is 6. The quantitative estimate of drug-likeness (QED) is 0.870. The van der Waals surface area contributed by atoms with Crippen LogP contribution in [0.15, 0.2) is 42.5 Å². The van der Waals surface area contributed by atoms with Crippen LogP contribution in [-0.2, 0) is 17.6 Å². The molecule has 1 atom stereocenters. The van der Waals surface area contributed by atoms with Gasteiger partial charge in [0.25, 0.3) is 5.91 Å². The molecule has 1 aliphatic rings. The van der Waals surface area contributed by atoms with Crippen molar-refractivity contribution in [2.45, 2.75) is 38.6 Å². The Kier molecular flexibility index (Phi) is 5.59. The minimum Gasteiger partial charge on any atom is -0.497 e. The zero-order valence-corrected chi connectivity index (χ0v) is 14.9. The van der Waals surface area contributed by atoms with Gasteiger partial charge in [0.2, 0.25) is 0 Å². The third-order valence-electron chi connectivity index (χ3n) is 4.68. The van der Waals surface area contributed by atoms with Crippen LogP contribution < -0.4 is 14.8 Å². The van der Waals surface area contributed by atoms with E-state index in [9.17, 15) is 4.79 Å². The van der Waals surface area contributed by atoms with Gasteiger partial charge in [-0.3, -0.25) is 4.79 Å². The Balaban J connectivity index is 1.53. The van der Waals surface area contributed by atoms with E-state index in [4.69, 9.17) is 9.47 Å². The van der Waals surface area contributed by atoms with Gasteiger partial charge in [-0.05, 0) is 73.6 Å². The second-order valence-electron chi connectivity index (χ2n) is 6.49. The van der Waals surface area contributed by atoms with Crippen LogP contribution in [0.2, 0.25) is 0 Å². The minimum absolute atomic E-state index is 0.00160. The van der Waals surface area contributed by atoms with Gasteiger partial charge in [0.1, 0.15) is 11.5 Å². The number of benzene rings is 2. The molecule has 1 aliphatic carbocycles. The van der Waals surface area contributed by atoms with E-state index >= 15 is 0 Å². The van der Waals surface area contributed by atoms with Crippen molar-refractivity contribution >= 4 is 5.91 Å². The van der Waals surface area contributed by atoms with Gasteiger partial charge in [-0.2, -0.15) is 0 Å². The van der Waals surface area contributed by atoms with Crippen LogP contribution >= 0.6 is 0 Å². The number of fused-ring (bicyclic) bond motifs is 1. The highest BCUT2D eigenvalue weighted by Gasteiger charge is 2.14. The van der Waals surface area contributed by atoms with Crippen molar-refractivity contribution in [2.24, 2.45) is 0 Å². The van der Waals surface area contributed by atoms with Crippen LogP contribution in [0.3, 0.4) is 0 Å². The first-order chi connectivity index (χ1) is 12.2. The molecule has 132 valence electrons. The molecule has 0 fully saturated rings. The zero-order chi connectivity index (χ0) is 17.6. The normalized spacial score (nSPS) is 14.3. The fraction of sp³-hybridized carbons (Fsp3) is 0.381. The summed E-state index contributed by atoms with van der Waals surface area (Å²) in [7, 11) is 1.62. The van der Waals surface area contributed by atoms with Gasteiger partial charge in [-0.25, -0.2) is 0 Å². The molecule has 0 spiro atoms. The molecule has 0 heterocycles. The van der Waals surface area contributed by atoms with Crippen LogP contribution in [0, 0.1) is 0 Å². The Morgan fingerprint density at radius 3 is 2.44 bits per heavy atom. The Morgan fingerprint density at radius 2 is 1.72 bits per heavy atom. The van der Waals surface area contributed by atoms with E-state index in [1.54, 1.807) is 19.2 Å². The van der Waals surface area contributed by atoms with Crippen molar-refractivity contribution in [3.8, 4) is 11.5 Å². The highest BCUT2D eigenvalue weighted by atomic mass is 16.5. The molecule has 0 saturated heterocycles. The van der Waals surface area contributed by atoms with Crippen LogP contribution in [0.25, 0.3) is 0 Å². The number of carbonyl (C=O) groups is 1. The highest BCUT2D eigenvalue weighted by molar-refractivity contribution is 5.78. The SMILES string of the molecule is COc1ccc(OCC(=O)N[C@@H](C)c2ccc3c(c2)CCCC3)cc1. The number of hydrogen-bond donors (Lipinski definition) is 1. The predicted molar refractivity (Wildman–Crippen MR) is 98.1 cm³/mol. The topological polar surface area (TPSA) is 47.6 Å². The first kappa shape index (κ1) is 17.3. The minimum atomic E-state index is -0.124. The van der Waals surface area contributed by atoms with Gasteiger partial charge in [0.05, 0.1) is 13.2 Å². The molecule has 0 aliphatic heterocycles. The molecule has 3 rings (SSSR count). The zero-order valence-electron chi connectivity index (χ0n) is 14.9. The van der Waals surface area contributed by atoms with Crippen molar-refractivity contribution in [1.29, 1.82) is 0 Å². The van der Waals surface area contributed by atoms with E-state index in [0.717, 1.165) is 17.7 Å². The molecule has 2 aromatic carbocycles. The van der Waals surface area contributed by atoms with Gasteiger partial charge in [-0.15, -0.1) is 0 Å². The van der Waals surface area contributed by atoms with Crippen molar-refractivity contribution in [1.82, 2.24) is 5.32 Å². The van der Waals surface area contributed by atoms with Gasteiger partial charge < -0.3 is 14.8 Å². The predicted octanol–water partition coefficient (Wildman–Crippen LogP) is 3.83. The summed E-state index contributed by atoms with van der Waals surface area (Å²) in [5.41, 5.74) is 4.04. The number of methoxy groups -OCH3 is 1. The van der Waals surface area contributed by atoms with E-state index in [0.29, 0.717) is 5.75 Å². The van der Waals surface area contributed by atoms with E-state index in [1.807, 2.05) is 19.1 Å². The second-order valence-corrected chi connectivity index (χ2v) is 6.49. The first-order valence-electron chi connectivity index (χ1n) is 8.83. The number of aryl methyl sites for hydroxylation is 2. The fourth-order valence-corrected chi connectivity index (χ4v) is 3.21. The molecule has 0 unspecified atom stereocenters. The highest BCUT2D eigenvalue weighted by Crippen LogP contribution is 2.24. The lowest BCUT2D eigenvalue weighted by molar-refractivity contribution is -0.123. The summed E-state index contributed by atoms with van der Waals surface area (Å²) in [4.78, 5) is 12.2. The third kappa shape index (κ3) is 4.53. The lowest BCUT2D eigenvalue weighted by atomic mass is 9.89. The largest absolute Gasteiger partial charge is 0.497 e. The molecule has 2 aromatic rings. The van der Waals surface area contributed by atoms with E-state index in [-0.39, 0.29) is 18.6 Å². The molecule has 0 bridgehead atoms. The Hall–Kier alpha value is -2.49. The summed E-state index contributed by atoms with van der Waals surface area (Å²) >= 11 is 0. The second kappa shape index (κ2) is 8.06. The standard InChI is InChI=1S/C21H25NO3/c1-15(17-8-7-16-5-3-4-6-18(16)13-17)22-21(23)14-25-20-11-9-19(24-2)10-12-20/h7-13,15H,3-6,14H2,1-2H3,(H,22,23)/t15-/m0/s1. The van der Waals surface area contributed by atoms with Crippen LogP contribution in [0.4, 0.5) is 0 Å². The molecule has 4 heteroatoms. The van der Waals surface area contributed by atoms with Gasteiger partial charge >= 0.3 is 0 Å². The summed E-state index contributed by atoms with van der Waals surface area (Å²) in [6, 6.07) is 13.7. The fourth-order valence-electron chi connectivity index (χ4n) is 3.21. The molecule has 1 amide bonds. The molecular weight excluding hydrogens is 314 g/mol. The number of amides is 1. The number of carbonyl (C=O) groups excluding carboxylic acids is 1. The smallest absolute Gasteiger partial charge is 0.258 e. The van der Waals surface area contributed by atoms with Crippen LogP contribution in [0.1, 0.15) is 42.5 Å². The summed E-state index contributed by atoms with van der Waals surface area (Å²) in [6.07, 6.45) is 4.85. The molecule has 0 aromatic heterocycles. The summed E-state index contributed by atoms with van der Waals surface area (Å²) in [5, 5.41) is 3.01. The van der Waals surface area contributed by atoms with E-state index in [2.05, 4.69) is 23.5 Å². The average molecular weight is 339 g/mol. The van der Waals surface area contributed by atoms with Gasteiger partial charge in [0, 0.05) is 0 Å². The Bertz CT molecular complexity index is 724. The molecule has 25 heavy (non-hydrogen) atoms. The van der Waals surface area contributed by atoms with Crippen molar-refractivity contribution in [3.05, 3.63) is 59.2 Å². The monoisotopic (exact) mass is 339 g/mol. The van der Waals surface area contributed by atoms with Crippen LogP contribution in [0.5, 0.6) is 11.5 Å². The summed E-state index contributed by atoms with van der Waals surface area (Å²) < 4.78 is 10.6. The molecule has 0 radical (unpaired) electrons. The summed E-state index contributed by atoms with van der Waals surface area (Å²) in [6.45, 7) is 2.01. The number of hydrogen-bond acceptors (Lipinski definition) is 3. The molecule has 4 nitrogen and oxygen atoms in total. The third-order valence-corrected chi connectivity index (χ3v) is 4.68. The van der Waals surface area contributed by atoms with Gasteiger partial charge in [-0.1, -0.05) is 18.2 Å². The Morgan fingerprint density at radius 1 is 1.04 bits per heavy atom. The molecule has 0 saturated carbocycles.